The molecule has 0 aromatic heterocycles. The van der Waals surface area contributed by atoms with E-state index in [0.29, 0.717) is 12.2 Å². The van der Waals surface area contributed by atoms with Gasteiger partial charge in [-0.25, -0.2) is 15.6 Å². The van der Waals surface area contributed by atoms with E-state index >= 15 is 0 Å². The van der Waals surface area contributed by atoms with Crippen molar-refractivity contribution in [3.05, 3.63) is 29.8 Å². The molecular weight excluding hydrogens is 258 g/mol. The number of anilines is 1. The van der Waals surface area contributed by atoms with Crippen molar-refractivity contribution >= 4 is 17.7 Å². The molecule has 0 aliphatic rings. The van der Waals surface area contributed by atoms with Crippen molar-refractivity contribution < 1.29 is 9.53 Å². The summed E-state index contributed by atoms with van der Waals surface area (Å²) in [7, 11) is 0. The Morgan fingerprint density at radius 3 is 2.65 bits per heavy atom. The summed E-state index contributed by atoms with van der Waals surface area (Å²) in [6, 6.07) is 7.08. The Kier molecular flexibility index (Phi) is 5.06. The highest BCUT2D eigenvalue weighted by molar-refractivity contribution is 6.01. The maximum Gasteiger partial charge on any atom is 0.414 e. The maximum absolute atomic E-state index is 11.6. The highest BCUT2D eigenvalue weighted by Crippen LogP contribution is 2.13. The second-order valence-corrected chi connectivity index (χ2v) is 5.22. The summed E-state index contributed by atoms with van der Waals surface area (Å²) >= 11 is 0. The molecule has 1 aromatic carbocycles. The van der Waals surface area contributed by atoms with Gasteiger partial charge < -0.3 is 10.5 Å². The number of hydrogen-bond acceptors (Lipinski definition) is 5. The highest BCUT2D eigenvalue weighted by Gasteiger charge is 2.19. The minimum absolute atomic E-state index is 0.284. The fourth-order valence-corrected chi connectivity index (χ4v) is 1.42. The SMILES string of the molecule is CC(C)(C)OC(=O)NC(=N)N(N)c1cccc(CN)c1. The van der Waals surface area contributed by atoms with Crippen LogP contribution in [-0.2, 0) is 11.3 Å². The van der Waals surface area contributed by atoms with Crippen molar-refractivity contribution in [2.45, 2.75) is 32.9 Å². The molecule has 20 heavy (non-hydrogen) atoms. The van der Waals surface area contributed by atoms with Gasteiger partial charge in [-0.15, -0.1) is 0 Å². The average Bonchev–Trinajstić information content (AvgIpc) is 2.35. The normalized spacial score (nSPS) is 10.8. The van der Waals surface area contributed by atoms with E-state index in [0.717, 1.165) is 10.6 Å². The number of benzene rings is 1. The molecule has 7 nitrogen and oxygen atoms in total. The van der Waals surface area contributed by atoms with Crippen LogP contribution in [0, 0.1) is 5.41 Å². The molecule has 0 atom stereocenters. The Morgan fingerprint density at radius 1 is 1.45 bits per heavy atom. The van der Waals surface area contributed by atoms with Crippen molar-refractivity contribution in [3.63, 3.8) is 0 Å². The summed E-state index contributed by atoms with van der Waals surface area (Å²) in [5, 5.41) is 11.1. The molecule has 0 aliphatic carbocycles. The van der Waals surface area contributed by atoms with Gasteiger partial charge in [-0.2, -0.15) is 0 Å². The number of guanidine groups is 1. The number of carbonyl (C=O) groups is 1. The van der Waals surface area contributed by atoms with E-state index in [1.54, 1.807) is 39.0 Å². The Morgan fingerprint density at radius 2 is 2.10 bits per heavy atom. The van der Waals surface area contributed by atoms with Crippen LogP contribution in [0.3, 0.4) is 0 Å². The van der Waals surface area contributed by atoms with Crippen LogP contribution in [-0.4, -0.2) is 17.7 Å². The quantitative estimate of drug-likeness (QED) is 0.281. The van der Waals surface area contributed by atoms with Crippen LogP contribution in [0.25, 0.3) is 0 Å². The Balaban J connectivity index is 2.69. The molecule has 0 heterocycles. The molecule has 1 rings (SSSR count). The standard InChI is InChI=1S/C13H21N5O2/c1-13(2,3)20-12(19)17-11(15)18(16)10-6-4-5-9(7-10)8-14/h4-7H,8,14,16H2,1-3H3,(H2,15,17,19). The third kappa shape index (κ3) is 4.87. The van der Waals surface area contributed by atoms with E-state index in [2.05, 4.69) is 5.32 Å². The first-order valence-corrected chi connectivity index (χ1v) is 6.15. The number of hydrazine groups is 1. The summed E-state index contributed by atoms with van der Waals surface area (Å²) in [6.07, 6.45) is -0.729. The molecule has 1 aromatic rings. The Hall–Kier alpha value is -2.12. The number of amides is 1. The van der Waals surface area contributed by atoms with Crippen molar-refractivity contribution in [3.8, 4) is 0 Å². The smallest absolute Gasteiger partial charge is 0.414 e. The van der Waals surface area contributed by atoms with E-state index in [1.807, 2.05) is 6.07 Å². The van der Waals surface area contributed by atoms with Gasteiger partial charge in [0.25, 0.3) is 0 Å². The zero-order chi connectivity index (χ0) is 15.3. The van der Waals surface area contributed by atoms with Crippen LogP contribution in [0.2, 0.25) is 0 Å². The van der Waals surface area contributed by atoms with E-state index < -0.39 is 11.7 Å². The largest absolute Gasteiger partial charge is 0.444 e. The highest BCUT2D eigenvalue weighted by atomic mass is 16.6. The van der Waals surface area contributed by atoms with Crippen LogP contribution < -0.4 is 21.9 Å². The van der Waals surface area contributed by atoms with Gasteiger partial charge in [0.05, 0.1) is 5.69 Å². The topological polar surface area (TPSA) is 117 Å². The number of nitrogens with one attached hydrogen (secondary N) is 2. The van der Waals surface area contributed by atoms with Gasteiger partial charge in [-0.3, -0.25) is 10.7 Å². The van der Waals surface area contributed by atoms with Crippen LogP contribution >= 0.6 is 0 Å². The summed E-state index contributed by atoms with van der Waals surface area (Å²) < 4.78 is 5.05. The summed E-state index contributed by atoms with van der Waals surface area (Å²) in [5.41, 5.74) is 6.33. The molecule has 0 fully saturated rings. The molecule has 1 amide bonds. The third-order valence-corrected chi connectivity index (χ3v) is 2.28. The molecule has 0 unspecified atom stereocenters. The summed E-state index contributed by atoms with van der Waals surface area (Å²) in [6.45, 7) is 5.58. The molecule has 7 heteroatoms. The molecule has 0 aliphatic heterocycles. The molecule has 0 saturated carbocycles. The van der Waals surface area contributed by atoms with Gasteiger partial charge in [-0.1, -0.05) is 12.1 Å². The lowest BCUT2D eigenvalue weighted by molar-refractivity contribution is 0.0562. The summed E-state index contributed by atoms with van der Waals surface area (Å²) in [5.74, 6) is 5.49. The minimum Gasteiger partial charge on any atom is -0.444 e. The van der Waals surface area contributed by atoms with Gasteiger partial charge in [-0.05, 0) is 38.5 Å². The first kappa shape index (κ1) is 15.9. The third-order valence-electron chi connectivity index (χ3n) is 2.28. The molecule has 0 spiro atoms. The van der Waals surface area contributed by atoms with Gasteiger partial charge >= 0.3 is 6.09 Å². The van der Waals surface area contributed by atoms with Gasteiger partial charge in [0.1, 0.15) is 5.60 Å². The summed E-state index contributed by atoms with van der Waals surface area (Å²) in [4.78, 5) is 11.6. The first-order valence-electron chi connectivity index (χ1n) is 6.15. The predicted octanol–water partition coefficient (Wildman–Crippen LogP) is 1.28. The number of ether oxygens (including phenoxy) is 1. The van der Waals surface area contributed by atoms with Crippen LogP contribution in [0.4, 0.5) is 10.5 Å². The number of nitrogens with two attached hydrogens (primary N) is 2. The van der Waals surface area contributed by atoms with Crippen molar-refractivity contribution in [1.29, 1.82) is 5.41 Å². The number of alkyl carbamates (subject to hydrolysis) is 1. The second-order valence-electron chi connectivity index (χ2n) is 5.22. The van der Waals surface area contributed by atoms with Crippen molar-refractivity contribution in [2.24, 2.45) is 11.6 Å². The monoisotopic (exact) mass is 279 g/mol. The number of hydrogen-bond donors (Lipinski definition) is 4. The number of rotatable bonds is 2. The lowest BCUT2D eigenvalue weighted by Crippen LogP contribution is -2.49. The van der Waals surface area contributed by atoms with Crippen LogP contribution in [0.1, 0.15) is 26.3 Å². The van der Waals surface area contributed by atoms with E-state index in [9.17, 15) is 4.79 Å². The second kappa shape index (κ2) is 6.36. The number of carbonyl (C=O) groups excluding carboxylic acids is 1. The lowest BCUT2D eigenvalue weighted by atomic mass is 10.2. The van der Waals surface area contributed by atoms with E-state index in [-0.39, 0.29) is 5.96 Å². The molecule has 0 saturated heterocycles. The van der Waals surface area contributed by atoms with Crippen LogP contribution in [0.5, 0.6) is 0 Å². The maximum atomic E-state index is 11.6. The molecule has 0 bridgehead atoms. The van der Waals surface area contributed by atoms with Crippen LogP contribution in [0.15, 0.2) is 24.3 Å². The zero-order valence-corrected chi connectivity index (χ0v) is 11.9. The fraction of sp³-hybridized carbons (Fsp3) is 0.385. The molecule has 110 valence electrons. The van der Waals surface area contributed by atoms with E-state index in [1.165, 1.54) is 0 Å². The first-order chi connectivity index (χ1) is 9.23. The van der Waals surface area contributed by atoms with E-state index in [4.69, 9.17) is 21.7 Å². The fourth-order valence-electron chi connectivity index (χ4n) is 1.42. The molecular formula is C13H21N5O2. The Labute approximate surface area is 118 Å². The predicted molar refractivity (Wildman–Crippen MR) is 78.1 cm³/mol. The van der Waals surface area contributed by atoms with Gasteiger partial charge in [0, 0.05) is 6.54 Å². The Bertz CT molecular complexity index is 496. The molecule has 6 N–H and O–H groups in total. The van der Waals surface area contributed by atoms with Crippen molar-refractivity contribution in [1.82, 2.24) is 5.32 Å². The number of nitrogens with zero attached hydrogens (tertiary/aromatic N) is 1. The van der Waals surface area contributed by atoms with Crippen molar-refractivity contribution in [2.75, 3.05) is 5.01 Å². The average molecular weight is 279 g/mol. The minimum atomic E-state index is -0.729. The zero-order valence-electron chi connectivity index (χ0n) is 11.9. The van der Waals surface area contributed by atoms with Gasteiger partial charge in [0.15, 0.2) is 0 Å². The lowest BCUT2D eigenvalue weighted by Gasteiger charge is -2.23. The van der Waals surface area contributed by atoms with Gasteiger partial charge in [0.2, 0.25) is 5.96 Å². The molecule has 0 radical (unpaired) electrons.